The van der Waals surface area contributed by atoms with E-state index in [1.54, 1.807) is 0 Å². The average Bonchev–Trinajstić information content (AvgIpc) is 1.87. The molecule has 0 aromatic heterocycles. The largest absolute Gasteiger partial charge is 0.479 e. The standard InChI is InChI=1S/C5H8O5.H3N/c1-10-4(7)2-3(6)5(8)9;/h3,6H,2H2,1H3,(H,8,9);1H3. The van der Waals surface area contributed by atoms with Crippen LogP contribution in [0.25, 0.3) is 0 Å². The Morgan fingerprint density at radius 3 is 2.27 bits per heavy atom. The maximum atomic E-state index is 10.3. The molecule has 0 saturated heterocycles. The Balaban J connectivity index is 0. The zero-order valence-corrected chi connectivity index (χ0v) is 6.11. The summed E-state index contributed by atoms with van der Waals surface area (Å²) in [5.74, 6) is -2.17. The molecular weight excluding hydrogens is 154 g/mol. The van der Waals surface area contributed by atoms with Gasteiger partial charge in [0, 0.05) is 0 Å². The second kappa shape index (κ2) is 5.63. The van der Waals surface area contributed by atoms with E-state index in [1.807, 2.05) is 0 Å². The van der Waals surface area contributed by atoms with E-state index in [-0.39, 0.29) is 6.15 Å². The molecule has 1 atom stereocenters. The van der Waals surface area contributed by atoms with E-state index in [4.69, 9.17) is 10.2 Å². The van der Waals surface area contributed by atoms with E-state index >= 15 is 0 Å². The van der Waals surface area contributed by atoms with Crippen LogP contribution in [0, 0.1) is 0 Å². The van der Waals surface area contributed by atoms with Gasteiger partial charge in [-0.05, 0) is 0 Å². The summed E-state index contributed by atoms with van der Waals surface area (Å²) in [5, 5.41) is 16.6. The molecule has 0 aromatic rings. The highest BCUT2D eigenvalue weighted by Crippen LogP contribution is 1.92. The van der Waals surface area contributed by atoms with Crippen molar-refractivity contribution in [3.05, 3.63) is 0 Å². The lowest BCUT2D eigenvalue weighted by Crippen LogP contribution is -2.23. The summed E-state index contributed by atoms with van der Waals surface area (Å²) < 4.78 is 4.11. The quantitative estimate of drug-likeness (QED) is 0.469. The topological polar surface area (TPSA) is 119 Å². The van der Waals surface area contributed by atoms with Crippen molar-refractivity contribution in [3.63, 3.8) is 0 Å². The fraction of sp³-hybridized carbons (Fsp3) is 0.600. The molecule has 0 aromatic carbocycles. The first kappa shape index (κ1) is 12.5. The Bertz CT molecular complexity index is 146. The highest BCUT2D eigenvalue weighted by atomic mass is 16.5. The molecule has 0 amide bonds. The lowest BCUT2D eigenvalue weighted by molar-refractivity contribution is -0.154. The van der Waals surface area contributed by atoms with Gasteiger partial charge < -0.3 is 21.1 Å². The van der Waals surface area contributed by atoms with Crippen molar-refractivity contribution in [1.82, 2.24) is 6.15 Å². The highest BCUT2D eigenvalue weighted by Gasteiger charge is 2.17. The van der Waals surface area contributed by atoms with Crippen LogP contribution in [0.3, 0.4) is 0 Å². The molecule has 11 heavy (non-hydrogen) atoms. The number of carbonyl (C=O) groups is 2. The van der Waals surface area contributed by atoms with Crippen LogP contribution in [-0.4, -0.2) is 35.4 Å². The van der Waals surface area contributed by atoms with Gasteiger partial charge in [0.25, 0.3) is 0 Å². The molecule has 0 rings (SSSR count). The van der Waals surface area contributed by atoms with E-state index < -0.39 is 24.5 Å². The molecule has 6 nitrogen and oxygen atoms in total. The third kappa shape index (κ3) is 5.31. The number of carboxylic acid groups (broad SMARTS) is 1. The van der Waals surface area contributed by atoms with E-state index in [0.717, 1.165) is 7.11 Å². The molecule has 66 valence electrons. The zero-order valence-electron chi connectivity index (χ0n) is 6.11. The molecule has 0 aliphatic rings. The summed E-state index contributed by atoms with van der Waals surface area (Å²) in [6.07, 6.45) is -2.17. The first-order valence-corrected chi connectivity index (χ1v) is 2.55. The predicted octanol–water partition coefficient (Wildman–Crippen LogP) is -0.843. The molecule has 0 saturated carbocycles. The Labute approximate surface area is 63.4 Å². The fourth-order valence-electron chi connectivity index (χ4n) is 0.329. The summed E-state index contributed by atoms with van der Waals surface area (Å²) >= 11 is 0. The number of hydrogen-bond donors (Lipinski definition) is 3. The Kier molecular flexibility index (Phi) is 6.41. The SMILES string of the molecule is COC(=O)CC(O)C(=O)O.N. The van der Waals surface area contributed by atoms with Gasteiger partial charge in [-0.3, -0.25) is 4.79 Å². The third-order valence-electron chi connectivity index (χ3n) is 0.873. The van der Waals surface area contributed by atoms with Crippen LogP contribution < -0.4 is 6.15 Å². The van der Waals surface area contributed by atoms with E-state index in [2.05, 4.69) is 4.74 Å². The van der Waals surface area contributed by atoms with E-state index in [9.17, 15) is 9.59 Å². The Morgan fingerprint density at radius 2 is 2.00 bits per heavy atom. The minimum atomic E-state index is -1.66. The van der Waals surface area contributed by atoms with Crippen molar-refractivity contribution < 1.29 is 24.5 Å². The maximum absolute atomic E-state index is 10.3. The smallest absolute Gasteiger partial charge is 0.333 e. The fourth-order valence-corrected chi connectivity index (χ4v) is 0.329. The van der Waals surface area contributed by atoms with Crippen LogP contribution in [0.2, 0.25) is 0 Å². The molecule has 0 heterocycles. The van der Waals surface area contributed by atoms with Crippen molar-refractivity contribution in [2.45, 2.75) is 12.5 Å². The number of aliphatic hydroxyl groups is 1. The van der Waals surface area contributed by atoms with Crippen molar-refractivity contribution in [1.29, 1.82) is 0 Å². The van der Waals surface area contributed by atoms with Gasteiger partial charge >= 0.3 is 11.9 Å². The first-order chi connectivity index (χ1) is 4.57. The second-order valence-electron chi connectivity index (χ2n) is 1.63. The number of esters is 1. The lowest BCUT2D eigenvalue weighted by Gasteiger charge is -2.01. The van der Waals surface area contributed by atoms with Crippen LogP contribution >= 0.6 is 0 Å². The van der Waals surface area contributed by atoms with E-state index in [1.165, 1.54) is 0 Å². The molecular formula is C5H11NO5. The number of aliphatic hydroxyl groups excluding tert-OH is 1. The molecule has 6 heteroatoms. The first-order valence-electron chi connectivity index (χ1n) is 2.55. The summed E-state index contributed by atoms with van der Waals surface area (Å²) in [6, 6.07) is 0. The van der Waals surface area contributed by atoms with Gasteiger partial charge in [-0.25, -0.2) is 4.79 Å². The maximum Gasteiger partial charge on any atom is 0.333 e. The van der Waals surface area contributed by atoms with Gasteiger partial charge in [0.1, 0.15) is 0 Å². The zero-order chi connectivity index (χ0) is 8.15. The number of methoxy groups -OCH3 is 1. The van der Waals surface area contributed by atoms with Crippen LogP contribution in [0.1, 0.15) is 6.42 Å². The summed E-state index contributed by atoms with van der Waals surface area (Å²) in [6.45, 7) is 0. The molecule has 0 aliphatic heterocycles. The van der Waals surface area contributed by atoms with Gasteiger partial charge in [0.2, 0.25) is 0 Å². The molecule has 5 N–H and O–H groups in total. The average molecular weight is 165 g/mol. The van der Waals surface area contributed by atoms with Crippen LogP contribution in [0.15, 0.2) is 0 Å². The van der Waals surface area contributed by atoms with Gasteiger partial charge in [-0.2, -0.15) is 0 Å². The number of carboxylic acids is 1. The third-order valence-corrected chi connectivity index (χ3v) is 0.873. The minimum Gasteiger partial charge on any atom is -0.479 e. The van der Waals surface area contributed by atoms with Crippen molar-refractivity contribution >= 4 is 11.9 Å². The van der Waals surface area contributed by atoms with Crippen molar-refractivity contribution in [2.24, 2.45) is 0 Å². The summed E-state index contributed by atoms with van der Waals surface area (Å²) in [4.78, 5) is 20.2. The monoisotopic (exact) mass is 165 g/mol. The molecule has 0 radical (unpaired) electrons. The number of hydrogen-bond acceptors (Lipinski definition) is 5. The summed E-state index contributed by atoms with van der Waals surface area (Å²) in [7, 11) is 1.12. The van der Waals surface area contributed by atoms with E-state index in [0.29, 0.717) is 0 Å². The van der Waals surface area contributed by atoms with Gasteiger partial charge in [0.15, 0.2) is 6.10 Å². The minimum absolute atomic E-state index is 0. The lowest BCUT2D eigenvalue weighted by atomic mass is 10.3. The van der Waals surface area contributed by atoms with Gasteiger partial charge in [-0.1, -0.05) is 0 Å². The predicted molar refractivity (Wildman–Crippen MR) is 35.3 cm³/mol. The van der Waals surface area contributed by atoms with Crippen molar-refractivity contribution in [2.75, 3.05) is 7.11 Å². The van der Waals surface area contributed by atoms with Crippen molar-refractivity contribution in [3.8, 4) is 0 Å². The highest BCUT2D eigenvalue weighted by molar-refractivity contribution is 5.80. The second-order valence-corrected chi connectivity index (χ2v) is 1.63. The molecule has 1 unspecified atom stereocenters. The Morgan fingerprint density at radius 1 is 1.55 bits per heavy atom. The van der Waals surface area contributed by atoms with Gasteiger partial charge in [0.05, 0.1) is 13.5 Å². The normalized spacial score (nSPS) is 11.1. The molecule has 0 fully saturated rings. The molecule has 0 aliphatic carbocycles. The molecule has 0 spiro atoms. The van der Waals surface area contributed by atoms with Gasteiger partial charge in [-0.15, -0.1) is 0 Å². The van der Waals surface area contributed by atoms with Crippen LogP contribution in [0.4, 0.5) is 0 Å². The summed E-state index contributed by atoms with van der Waals surface area (Å²) in [5.41, 5.74) is 0. The number of rotatable bonds is 3. The number of carbonyl (C=O) groups excluding carboxylic acids is 1. The number of aliphatic carboxylic acids is 1. The number of ether oxygens (including phenoxy) is 1. The van der Waals surface area contributed by atoms with Crippen LogP contribution in [0.5, 0.6) is 0 Å². The molecule has 0 bridgehead atoms. The van der Waals surface area contributed by atoms with Crippen LogP contribution in [-0.2, 0) is 14.3 Å². The Hall–Kier alpha value is -1.14.